The molecule has 0 amide bonds. The molecule has 4 aromatic rings. The second-order valence-electron chi connectivity index (χ2n) is 6.56. The number of benzene rings is 2. The summed E-state index contributed by atoms with van der Waals surface area (Å²) >= 11 is 6.05. The van der Waals surface area contributed by atoms with Gasteiger partial charge in [-0.05, 0) is 48.0 Å². The second kappa shape index (κ2) is 7.89. The van der Waals surface area contributed by atoms with Gasteiger partial charge in [-0.3, -0.25) is 9.78 Å². The maximum absolute atomic E-state index is 13.3. The molecular formula is C23H17ClN2O3. The Balaban J connectivity index is 1.89. The van der Waals surface area contributed by atoms with Crippen molar-refractivity contribution in [2.24, 2.45) is 0 Å². The number of nitrogens with one attached hydrogen (secondary N) is 1. The first-order valence-corrected chi connectivity index (χ1v) is 9.36. The molecule has 5 nitrogen and oxygen atoms in total. The van der Waals surface area contributed by atoms with E-state index in [1.165, 1.54) is 7.11 Å². The van der Waals surface area contributed by atoms with Gasteiger partial charge in [0, 0.05) is 28.4 Å². The molecule has 0 saturated carbocycles. The van der Waals surface area contributed by atoms with E-state index in [1.807, 2.05) is 30.3 Å². The number of nitrogens with zero attached hydrogens (tertiary/aromatic N) is 1. The van der Waals surface area contributed by atoms with Crippen molar-refractivity contribution < 1.29 is 9.53 Å². The largest absolute Gasteiger partial charge is 0.465 e. The molecule has 0 spiro atoms. The Morgan fingerprint density at radius 2 is 1.90 bits per heavy atom. The first-order chi connectivity index (χ1) is 14.1. The number of fused-ring (bicyclic) bond motifs is 1. The molecule has 0 aliphatic rings. The molecule has 2 aromatic heterocycles. The molecule has 1 unspecified atom stereocenters. The second-order valence-corrected chi connectivity index (χ2v) is 7.00. The number of aromatic amines is 1. The van der Waals surface area contributed by atoms with Crippen molar-refractivity contribution in [2.45, 2.75) is 5.92 Å². The van der Waals surface area contributed by atoms with E-state index < -0.39 is 11.9 Å². The molecule has 4 rings (SSSR count). The number of methoxy groups -OCH3 is 1. The first-order valence-electron chi connectivity index (χ1n) is 8.98. The van der Waals surface area contributed by atoms with E-state index in [0.29, 0.717) is 27.1 Å². The van der Waals surface area contributed by atoms with Crippen LogP contribution in [0, 0.1) is 0 Å². The van der Waals surface area contributed by atoms with Crippen molar-refractivity contribution in [2.75, 3.05) is 7.11 Å². The molecule has 29 heavy (non-hydrogen) atoms. The quantitative estimate of drug-likeness (QED) is 0.507. The van der Waals surface area contributed by atoms with E-state index >= 15 is 0 Å². The number of H-pyrrole nitrogens is 1. The monoisotopic (exact) mass is 404 g/mol. The lowest BCUT2D eigenvalue weighted by molar-refractivity contribution is 0.0600. The number of pyridine rings is 2. The average Bonchev–Trinajstić information content (AvgIpc) is 2.76. The SMILES string of the molecule is COC(=O)c1ccc(C(c2ccccn2)c2c[nH]c3cc(Cl)ccc3c2=O)cc1. The zero-order valence-corrected chi connectivity index (χ0v) is 16.3. The summed E-state index contributed by atoms with van der Waals surface area (Å²) in [7, 11) is 1.34. The third kappa shape index (κ3) is 3.65. The van der Waals surface area contributed by atoms with E-state index in [-0.39, 0.29) is 5.43 Å². The standard InChI is InChI=1S/C23H17ClN2O3/c1-29-23(28)15-7-5-14(6-8-15)21(19-4-2-3-11-25-19)18-13-26-20-12-16(24)9-10-17(20)22(18)27/h2-13,21H,1H3,(H,26,27). The van der Waals surface area contributed by atoms with Gasteiger partial charge in [0.15, 0.2) is 5.43 Å². The lowest BCUT2D eigenvalue weighted by Crippen LogP contribution is -2.17. The highest BCUT2D eigenvalue weighted by atomic mass is 35.5. The summed E-state index contributed by atoms with van der Waals surface area (Å²) in [5.41, 5.74) is 3.16. The number of ether oxygens (including phenoxy) is 1. The fraction of sp³-hybridized carbons (Fsp3) is 0.0870. The maximum Gasteiger partial charge on any atom is 0.337 e. The normalized spacial score (nSPS) is 11.9. The van der Waals surface area contributed by atoms with Crippen LogP contribution >= 0.6 is 11.6 Å². The van der Waals surface area contributed by atoms with Crippen LogP contribution in [0.15, 0.2) is 77.9 Å². The molecule has 0 saturated heterocycles. The predicted octanol–water partition coefficient (Wildman–Crippen LogP) is 4.54. The molecule has 1 atom stereocenters. The Kier molecular flexibility index (Phi) is 5.14. The molecule has 0 radical (unpaired) electrons. The van der Waals surface area contributed by atoms with E-state index in [2.05, 4.69) is 9.97 Å². The lowest BCUT2D eigenvalue weighted by atomic mass is 9.87. The highest BCUT2D eigenvalue weighted by Crippen LogP contribution is 2.30. The number of hydrogen-bond donors (Lipinski definition) is 1. The number of carbonyl (C=O) groups excluding carboxylic acids is 1. The number of rotatable bonds is 4. The summed E-state index contributed by atoms with van der Waals surface area (Å²) in [4.78, 5) is 32.7. The number of carbonyl (C=O) groups is 1. The van der Waals surface area contributed by atoms with Gasteiger partial charge in [0.2, 0.25) is 0 Å². The van der Waals surface area contributed by atoms with E-state index in [9.17, 15) is 9.59 Å². The van der Waals surface area contributed by atoms with Gasteiger partial charge >= 0.3 is 5.97 Å². The van der Waals surface area contributed by atoms with Crippen LogP contribution in [0.5, 0.6) is 0 Å². The highest BCUT2D eigenvalue weighted by molar-refractivity contribution is 6.31. The van der Waals surface area contributed by atoms with Crippen molar-refractivity contribution in [3.8, 4) is 0 Å². The Bertz CT molecular complexity index is 1230. The third-order valence-corrected chi connectivity index (χ3v) is 5.07. The van der Waals surface area contributed by atoms with Crippen LogP contribution in [-0.4, -0.2) is 23.0 Å². The zero-order valence-electron chi connectivity index (χ0n) is 15.6. The lowest BCUT2D eigenvalue weighted by Gasteiger charge is -2.18. The fourth-order valence-corrected chi connectivity index (χ4v) is 3.58. The minimum atomic E-state index is -0.411. The van der Waals surface area contributed by atoms with Crippen LogP contribution in [0.25, 0.3) is 10.9 Å². The number of aromatic nitrogens is 2. The number of hydrogen-bond acceptors (Lipinski definition) is 4. The summed E-state index contributed by atoms with van der Waals surface area (Å²) in [5.74, 6) is -0.807. The summed E-state index contributed by atoms with van der Waals surface area (Å²) in [6, 6.07) is 17.7. The Morgan fingerprint density at radius 3 is 2.59 bits per heavy atom. The zero-order chi connectivity index (χ0) is 20.4. The number of halogens is 1. The molecule has 0 bridgehead atoms. The first kappa shape index (κ1) is 18.9. The molecule has 1 N–H and O–H groups in total. The van der Waals surface area contributed by atoms with Gasteiger partial charge in [-0.1, -0.05) is 29.8 Å². The maximum atomic E-state index is 13.3. The molecular weight excluding hydrogens is 388 g/mol. The molecule has 144 valence electrons. The third-order valence-electron chi connectivity index (χ3n) is 4.83. The molecule has 2 aromatic carbocycles. The van der Waals surface area contributed by atoms with Gasteiger partial charge in [0.25, 0.3) is 0 Å². The summed E-state index contributed by atoms with van der Waals surface area (Å²) in [5, 5.41) is 1.11. The van der Waals surface area contributed by atoms with Crippen molar-refractivity contribution in [1.29, 1.82) is 0 Å². The molecule has 6 heteroatoms. The van der Waals surface area contributed by atoms with Crippen LogP contribution in [0.3, 0.4) is 0 Å². The molecule has 2 heterocycles. The highest BCUT2D eigenvalue weighted by Gasteiger charge is 2.22. The Labute approximate surface area is 172 Å². The summed E-state index contributed by atoms with van der Waals surface area (Å²) in [6.07, 6.45) is 3.40. The van der Waals surface area contributed by atoms with Crippen LogP contribution in [0.2, 0.25) is 5.02 Å². The van der Waals surface area contributed by atoms with E-state index in [0.717, 1.165) is 11.3 Å². The van der Waals surface area contributed by atoms with E-state index in [1.54, 1.807) is 42.7 Å². The predicted molar refractivity (Wildman–Crippen MR) is 113 cm³/mol. The Hall–Kier alpha value is -3.44. The molecule has 0 aliphatic heterocycles. The van der Waals surface area contributed by atoms with Crippen LogP contribution in [-0.2, 0) is 4.74 Å². The Morgan fingerprint density at radius 1 is 1.10 bits per heavy atom. The van der Waals surface area contributed by atoms with Crippen molar-refractivity contribution in [3.05, 3.63) is 111 Å². The minimum absolute atomic E-state index is 0.0943. The topological polar surface area (TPSA) is 72.0 Å². The molecule has 0 aliphatic carbocycles. The summed E-state index contributed by atoms with van der Waals surface area (Å²) < 4.78 is 4.77. The van der Waals surface area contributed by atoms with Gasteiger partial charge in [0.05, 0.1) is 29.8 Å². The van der Waals surface area contributed by atoms with Gasteiger partial charge < -0.3 is 9.72 Å². The smallest absolute Gasteiger partial charge is 0.337 e. The minimum Gasteiger partial charge on any atom is -0.465 e. The van der Waals surface area contributed by atoms with Crippen molar-refractivity contribution >= 4 is 28.5 Å². The molecule has 0 fully saturated rings. The van der Waals surface area contributed by atoms with Crippen LogP contribution in [0.1, 0.15) is 33.1 Å². The van der Waals surface area contributed by atoms with Crippen molar-refractivity contribution in [3.63, 3.8) is 0 Å². The van der Waals surface area contributed by atoms with Gasteiger partial charge in [-0.25, -0.2) is 4.79 Å². The van der Waals surface area contributed by atoms with Crippen LogP contribution < -0.4 is 5.43 Å². The van der Waals surface area contributed by atoms with Crippen molar-refractivity contribution in [1.82, 2.24) is 9.97 Å². The number of esters is 1. The van der Waals surface area contributed by atoms with Crippen LogP contribution in [0.4, 0.5) is 0 Å². The van der Waals surface area contributed by atoms with Gasteiger partial charge in [-0.15, -0.1) is 0 Å². The average molecular weight is 405 g/mol. The van der Waals surface area contributed by atoms with Gasteiger partial charge in [-0.2, -0.15) is 0 Å². The van der Waals surface area contributed by atoms with Gasteiger partial charge in [0.1, 0.15) is 0 Å². The summed E-state index contributed by atoms with van der Waals surface area (Å²) in [6.45, 7) is 0. The fourth-order valence-electron chi connectivity index (χ4n) is 3.41. The van der Waals surface area contributed by atoms with E-state index in [4.69, 9.17) is 16.3 Å².